The van der Waals surface area contributed by atoms with Crippen LogP contribution < -0.4 is 0 Å². The molecular weight excluding hydrogens is 254 g/mol. The number of nitrogens with zero attached hydrogens (tertiary/aromatic N) is 1. The SMILES string of the molecule is CC[C@@H]1CN(Cc2ccccc2)[C@@H](C)Cc2ccccc21. The van der Waals surface area contributed by atoms with Crippen LogP contribution in [-0.4, -0.2) is 17.5 Å². The fraction of sp³-hybridized carbons (Fsp3) is 0.400. The highest BCUT2D eigenvalue weighted by molar-refractivity contribution is 5.33. The first-order chi connectivity index (χ1) is 10.3. The van der Waals surface area contributed by atoms with Crippen molar-refractivity contribution in [3.63, 3.8) is 0 Å². The number of fused-ring (bicyclic) bond motifs is 1. The minimum absolute atomic E-state index is 0.600. The van der Waals surface area contributed by atoms with Gasteiger partial charge in [-0.2, -0.15) is 0 Å². The molecule has 2 aromatic carbocycles. The van der Waals surface area contributed by atoms with Crippen LogP contribution in [0.5, 0.6) is 0 Å². The molecule has 1 heterocycles. The summed E-state index contributed by atoms with van der Waals surface area (Å²) in [6, 6.07) is 20.5. The lowest BCUT2D eigenvalue weighted by Gasteiger charge is -2.29. The second kappa shape index (κ2) is 6.44. The first-order valence-corrected chi connectivity index (χ1v) is 8.13. The molecule has 1 heteroatoms. The van der Waals surface area contributed by atoms with Crippen molar-refractivity contribution >= 4 is 0 Å². The Balaban J connectivity index is 1.84. The molecule has 0 N–H and O–H groups in total. The number of hydrogen-bond donors (Lipinski definition) is 0. The minimum Gasteiger partial charge on any atom is -0.295 e. The van der Waals surface area contributed by atoms with E-state index in [-0.39, 0.29) is 0 Å². The van der Waals surface area contributed by atoms with E-state index in [1.165, 1.54) is 24.9 Å². The zero-order chi connectivity index (χ0) is 14.7. The van der Waals surface area contributed by atoms with Gasteiger partial charge in [0.2, 0.25) is 0 Å². The summed E-state index contributed by atoms with van der Waals surface area (Å²) in [5.74, 6) is 0.662. The molecule has 1 aliphatic rings. The van der Waals surface area contributed by atoms with E-state index in [4.69, 9.17) is 0 Å². The molecule has 0 unspecified atom stereocenters. The van der Waals surface area contributed by atoms with Gasteiger partial charge in [0.05, 0.1) is 0 Å². The molecule has 0 fully saturated rings. The summed E-state index contributed by atoms with van der Waals surface area (Å²) in [6.07, 6.45) is 2.38. The monoisotopic (exact) mass is 279 g/mol. The van der Waals surface area contributed by atoms with Gasteiger partial charge in [-0.25, -0.2) is 0 Å². The maximum Gasteiger partial charge on any atom is 0.0236 e. The Kier molecular flexibility index (Phi) is 4.40. The van der Waals surface area contributed by atoms with E-state index in [2.05, 4.69) is 73.3 Å². The molecule has 2 aromatic rings. The van der Waals surface area contributed by atoms with Gasteiger partial charge in [-0.15, -0.1) is 0 Å². The fourth-order valence-corrected chi connectivity index (χ4v) is 3.51. The number of benzene rings is 2. The van der Waals surface area contributed by atoms with Crippen molar-refractivity contribution in [1.82, 2.24) is 4.90 Å². The third-order valence-corrected chi connectivity index (χ3v) is 4.81. The van der Waals surface area contributed by atoms with Crippen molar-refractivity contribution in [3.8, 4) is 0 Å². The Morgan fingerprint density at radius 3 is 2.48 bits per heavy atom. The van der Waals surface area contributed by atoms with Gasteiger partial charge in [-0.05, 0) is 42.4 Å². The molecule has 1 aliphatic heterocycles. The van der Waals surface area contributed by atoms with E-state index in [0.717, 1.165) is 6.54 Å². The van der Waals surface area contributed by atoms with Crippen molar-refractivity contribution in [2.24, 2.45) is 0 Å². The van der Waals surface area contributed by atoms with Crippen LogP contribution in [0, 0.1) is 0 Å². The first-order valence-electron chi connectivity index (χ1n) is 8.13. The number of rotatable bonds is 3. The predicted molar refractivity (Wildman–Crippen MR) is 89.5 cm³/mol. The van der Waals surface area contributed by atoms with Crippen LogP contribution in [-0.2, 0) is 13.0 Å². The van der Waals surface area contributed by atoms with Crippen LogP contribution in [0.15, 0.2) is 54.6 Å². The average Bonchev–Trinajstić information content (AvgIpc) is 2.65. The van der Waals surface area contributed by atoms with Gasteiger partial charge in [-0.1, -0.05) is 61.5 Å². The summed E-state index contributed by atoms with van der Waals surface area (Å²) < 4.78 is 0. The maximum atomic E-state index is 2.66. The van der Waals surface area contributed by atoms with Crippen LogP contribution in [0.1, 0.15) is 42.9 Å². The van der Waals surface area contributed by atoms with Crippen LogP contribution >= 0.6 is 0 Å². The molecule has 0 aliphatic carbocycles. The molecule has 1 nitrogen and oxygen atoms in total. The Morgan fingerprint density at radius 1 is 1.00 bits per heavy atom. The smallest absolute Gasteiger partial charge is 0.0236 e. The Labute approximate surface area is 128 Å². The summed E-state index contributed by atoms with van der Waals surface area (Å²) in [5, 5.41) is 0. The van der Waals surface area contributed by atoms with Gasteiger partial charge in [0, 0.05) is 19.1 Å². The zero-order valence-electron chi connectivity index (χ0n) is 13.1. The normalized spacial score (nSPS) is 22.6. The molecule has 0 amide bonds. The predicted octanol–water partition coefficient (Wildman–Crippen LogP) is 4.63. The quantitative estimate of drug-likeness (QED) is 0.792. The first kappa shape index (κ1) is 14.3. The standard InChI is InChI=1S/C20H25N/c1-3-18-15-21(14-17-9-5-4-6-10-17)16(2)13-19-11-7-8-12-20(18)19/h4-12,16,18H,3,13-15H2,1-2H3/t16-,18+/m0/s1. The van der Waals surface area contributed by atoms with Gasteiger partial charge in [0.15, 0.2) is 0 Å². The zero-order valence-corrected chi connectivity index (χ0v) is 13.1. The van der Waals surface area contributed by atoms with Crippen molar-refractivity contribution in [1.29, 1.82) is 0 Å². The lowest BCUT2D eigenvalue weighted by Crippen LogP contribution is -2.35. The van der Waals surface area contributed by atoms with E-state index < -0.39 is 0 Å². The van der Waals surface area contributed by atoms with Crippen LogP contribution in [0.25, 0.3) is 0 Å². The molecule has 0 saturated carbocycles. The molecule has 0 spiro atoms. The van der Waals surface area contributed by atoms with Crippen LogP contribution in [0.4, 0.5) is 0 Å². The molecule has 21 heavy (non-hydrogen) atoms. The third kappa shape index (κ3) is 3.19. The van der Waals surface area contributed by atoms with E-state index in [1.54, 1.807) is 11.1 Å². The van der Waals surface area contributed by atoms with Gasteiger partial charge in [-0.3, -0.25) is 4.90 Å². The third-order valence-electron chi connectivity index (χ3n) is 4.81. The highest BCUT2D eigenvalue weighted by Crippen LogP contribution is 2.30. The molecule has 2 atom stereocenters. The highest BCUT2D eigenvalue weighted by atomic mass is 15.2. The lowest BCUT2D eigenvalue weighted by molar-refractivity contribution is 0.192. The summed E-state index contributed by atoms with van der Waals surface area (Å²) in [5.41, 5.74) is 4.54. The van der Waals surface area contributed by atoms with Gasteiger partial charge in [0.1, 0.15) is 0 Å². The molecular formula is C20H25N. The molecule has 0 saturated heterocycles. The van der Waals surface area contributed by atoms with Gasteiger partial charge >= 0.3 is 0 Å². The maximum absolute atomic E-state index is 2.66. The van der Waals surface area contributed by atoms with Crippen molar-refractivity contribution in [2.75, 3.05) is 6.54 Å². The molecule has 3 rings (SSSR count). The minimum atomic E-state index is 0.600. The van der Waals surface area contributed by atoms with Crippen molar-refractivity contribution in [3.05, 3.63) is 71.3 Å². The van der Waals surface area contributed by atoms with E-state index in [1.807, 2.05) is 0 Å². The average molecular weight is 279 g/mol. The van der Waals surface area contributed by atoms with Crippen molar-refractivity contribution in [2.45, 2.75) is 45.2 Å². The van der Waals surface area contributed by atoms with E-state index >= 15 is 0 Å². The van der Waals surface area contributed by atoms with E-state index in [0.29, 0.717) is 12.0 Å². The largest absolute Gasteiger partial charge is 0.295 e. The van der Waals surface area contributed by atoms with Crippen molar-refractivity contribution < 1.29 is 0 Å². The number of hydrogen-bond acceptors (Lipinski definition) is 1. The van der Waals surface area contributed by atoms with Crippen LogP contribution in [0.2, 0.25) is 0 Å². The lowest BCUT2D eigenvalue weighted by atomic mass is 9.92. The summed E-state index contributed by atoms with van der Waals surface area (Å²) in [7, 11) is 0. The van der Waals surface area contributed by atoms with Crippen LogP contribution in [0.3, 0.4) is 0 Å². The molecule has 0 radical (unpaired) electrons. The Morgan fingerprint density at radius 2 is 1.71 bits per heavy atom. The summed E-state index contributed by atoms with van der Waals surface area (Å²) in [4.78, 5) is 2.66. The van der Waals surface area contributed by atoms with Gasteiger partial charge in [0.25, 0.3) is 0 Å². The summed E-state index contributed by atoms with van der Waals surface area (Å²) in [6.45, 7) is 6.92. The highest BCUT2D eigenvalue weighted by Gasteiger charge is 2.25. The second-order valence-corrected chi connectivity index (χ2v) is 6.27. The summed E-state index contributed by atoms with van der Waals surface area (Å²) >= 11 is 0. The van der Waals surface area contributed by atoms with E-state index in [9.17, 15) is 0 Å². The second-order valence-electron chi connectivity index (χ2n) is 6.27. The van der Waals surface area contributed by atoms with Gasteiger partial charge < -0.3 is 0 Å². The molecule has 0 bridgehead atoms. The topological polar surface area (TPSA) is 3.24 Å². The Hall–Kier alpha value is -1.60. The fourth-order valence-electron chi connectivity index (χ4n) is 3.51. The molecule has 110 valence electrons. The Bertz CT molecular complexity index is 575. The molecule has 0 aromatic heterocycles.